The Kier molecular flexibility index (Phi) is 2.71. The van der Waals surface area contributed by atoms with Gasteiger partial charge in [-0.05, 0) is 12.8 Å². The number of nitrogens with one attached hydrogen (secondary N) is 1. The van der Waals surface area contributed by atoms with Crippen LogP contribution < -0.4 is 5.32 Å². The first kappa shape index (κ1) is 9.73. The fraction of sp³-hybridized carbons (Fsp3) is 0.818. The van der Waals surface area contributed by atoms with Gasteiger partial charge in [0.05, 0.1) is 0 Å². The predicted octanol–water partition coefficient (Wildman–Crippen LogP) is 2.27. The van der Waals surface area contributed by atoms with E-state index in [0.29, 0.717) is 5.92 Å². The summed E-state index contributed by atoms with van der Waals surface area (Å²) < 4.78 is 0. The summed E-state index contributed by atoms with van der Waals surface area (Å²) in [5.74, 6) is 1.37. The summed E-state index contributed by atoms with van der Waals surface area (Å²) in [7, 11) is 0. The van der Waals surface area contributed by atoms with Gasteiger partial charge in [-0.15, -0.1) is 21.5 Å². The van der Waals surface area contributed by atoms with Crippen molar-refractivity contribution >= 4 is 11.3 Å². The second kappa shape index (κ2) is 4.18. The molecule has 2 heterocycles. The van der Waals surface area contributed by atoms with Crippen LogP contribution >= 0.6 is 11.3 Å². The molecule has 1 saturated heterocycles. The molecule has 1 saturated carbocycles. The number of nitrogens with zero attached hydrogens (tertiary/aromatic N) is 2. The summed E-state index contributed by atoms with van der Waals surface area (Å²) in [6.45, 7) is 2.19. The van der Waals surface area contributed by atoms with E-state index in [2.05, 4.69) is 15.5 Å². The van der Waals surface area contributed by atoms with Crippen molar-refractivity contribution in [3.63, 3.8) is 0 Å². The van der Waals surface area contributed by atoms with Gasteiger partial charge < -0.3 is 5.32 Å². The average molecular weight is 223 g/mol. The SMILES string of the molecule is C1CCC(c2nnc(C3CNC3)s2)CC1. The Morgan fingerprint density at radius 3 is 2.20 bits per heavy atom. The monoisotopic (exact) mass is 223 g/mol. The van der Waals surface area contributed by atoms with Crippen molar-refractivity contribution in [2.24, 2.45) is 0 Å². The van der Waals surface area contributed by atoms with Gasteiger partial charge in [0.15, 0.2) is 0 Å². The molecule has 0 amide bonds. The average Bonchev–Trinajstić information content (AvgIpc) is 2.66. The molecule has 2 aliphatic rings. The van der Waals surface area contributed by atoms with Gasteiger partial charge in [-0.25, -0.2) is 0 Å². The summed E-state index contributed by atoms with van der Waals surface area (Å²) in [6, 6.07) is 0. The first-order valence-corrected chi connectivity index (χ1v) is 6.79. The third-order valence-electron chi connectivity index (χ3n) is 3.54. The molecule has 0 unspecified atom stereocenters. The summed E-state index contributed by atoms with van der Waals surface area (Å²) >= 11 is 1.86. The molecular weight excluding hydrogens is 206 g/mol. The normalized spacial score (nSPS) is 24.0. The van der Waals surface area contributed by atoms with Gasteiger partial charge >= 0.3 is 0 Å². The van der Waals surface area contributed by atoms with Crippen molar-refractivity contribution in [2.45, 2.75) is 43.9 Å². The van der Waals surface area contributed by atoms with Crippen LogP contribution in [-0.4, -0.2) is 23.3 Å². The molecule has 82 valence electrons. The van der Waals surface area contributed by atoms with Crippen molar-refractivity contribution in [3.05, 3.63) is 10.0 Å². The largest absolute Gasteiger partial charge is 0.315 e. The lowest BCUT2D eigenvalue weighted by Gasteiger charge is -2.24. The Bertz CT molecular complexity index is 326. The molecule has 1 aromatic heterocycles. The quantitative estimate of drug-likeness (QED) is 0.836. The van der Waals surface area contributed by atoms with Crippen LogP contribution in [0, 0.1) is 0 Å². The van der Waals surface area contributed by atoms with Gasteiger partial charge in [0.25, 0.3) is 0 Å². The number of hydrogen-bond acceptors (Lipinski definition) is 4. The van der Waals surface area contributed by atoms with Gasteiger partial charge in [0.2, 0.25) is 0 Å². The lowest BCUT2D eigenvalue weighted by Crippen LogP contribution is -2.39. The molecular formula is C11H17N3S. The van der Waals surface area contributed by atoms with Crippen LogP contribution in [0.15, 0.2) is 0 Å². The van der Waals surface area contributed by atoms with E-state index in [0.717, 1.165) is 19.0 Å². The van der Waals surface area contributed by atoms with Crippen LogP contribution in [0.3, 0.4) is 0 Å². The lowest BCUT2D eigenvalue weighted by molar-refractivity contribution is 0.437. The van der Waals surface area contributed by atoms with Gasteiger partial charge in [0.1, 0.15) is 10.0 Å². The highest BCUT2D eigenvalue weighted by Crippen LogP contribution is 2.35. The summed E-state index contributed by atoms with van der Waals surface area (Å²) in [4.78, 5) is 0. The van der Waals surface area contributed by atoms with E-state index >= 15 is 0 Å². The van der Waals surface area contributed by atoms with Gasteiger partial charge in [-0.2, -0.15) is 0 Å². The Hall–Kier alpha value is -0.480. The highest BCUT2D eigenvalue weighted by Gasteiger charge is 2.25. The summed E-state index contributed by atoms with van der Waals surface area (Å²) in [5.41, 5.74) is 0. The fourth-order valence-electron chi connectivity index (χ4n) is 2.39. The topological polar surface area (TPSA) is 37.8 Å². The molecule has 4 heteroatoms. The van der Waals surface area contributed by atoms with Crippen LogP contribution in [-0.2, 0) is 0 Å². The molecule has 0 spiro atoms. The van der Waals surface area contributed by atoms with Crippen LogP contribution in [0.5, 0.6) is 0 Å². The first-order valence-electron chi connectivity index (χ1n) is 5.97. The maximum absolute atomic E-state index is 4.38. The zero-order valence-electron chi connectivity index (χ0n) is 8.91. The maximum atomic E-state index is 4.38. The Morgan fingerprint density at radius 2 is 1.60 bits per heavy atom. The summed E-state index contributed by atoms with van der Waals surface area (Å²) in [5, 5.41) is 14.6. The van der Waals surface area contributed by atoms with Crippen LogP contribution in [0.4, 0.5) is 0 Å². The molecule has 1 aromatic rings. The number of hydrogen-bond donors (Lipinski definition) is 1. The molecule has 1 aliphatic carbocycles. The number of aromatic nitrogens is 2. The molecule has 0 bridgehead atoms. The van der Waals surface area contributed by atoms with Crippen molar-refractivity contribution in [1.82, 2.24) is 15.5 Å². The van der Waals surface area contributed by atoms with Crippen molar-refractivity contribution in [3.8, 4) is 0 Å². The molecule has 0 atom stereocenters. The standard InChI is InChI=1S/C11H17N3S/c1-2-4-8(5-3-1)10-13-14-11(15-10)9-6-12-7-9/h8-9,12H,1-7H2. The Labute approximate surface area is 94.3 Å². The first-order chi connectivity index (χ1) is 7.43. The van der Waals surface area contributed by atoms with E-state index in [1.54, 1.807) is 0 Å². The van der Waals surface area contributed by atoms with Crippen molar-refractivity contribution in [2.75, 3.05) is 13.1 Å². The Morgan fingerprint density at radius 1 is 0.933 bits per heavy atom. The molecule has 0 aromatic carbocycles. The minimum absolute atomic E-state index is 0.653. The smallest absolute Gasteiger partial charge is 0.123 e. The summed E-state index contributed by atoms with van der Waals surface area (Å²) in [6.07, 6.45) is 6.83. The van der Waals surface area contributed by atoms with Gasteiger partial charge in [-0.1, -0.05) is 19.3 Å². The second-order valence-electron chi connectivity index (χ2n) is 4.67. The molecule has 2 fully saturated rings. The predicted molar refractivity (Wildman–Crippen MR) is 61.3 cm³/mol. The van der Waals surface area contributed by atoms with E-state index < -0.39 is 0 Å². The highest BCUT2D eigenvalue weighted by molar-refractivity contribution is 7.11. The van der Waals surface area contributed by atoms with Crippen LogP contribution in [0.25, 0.3) is 0 Å². The number of rotatable bonds is 2. The van der Waals surface area contributed by atoms with E-state index in [-0.39, 0.29) is 0 Å². The van der Waals surface area contributed by atoms with E-state index in [1.807, 2.05) is 11.3 Å². The molecule has 3 nitrogen and oxygen atoms in total. The van der Waals surface area contributed by atoms with E-state index in [4.69, 9.17) is 0 Å². The van der Waals surface area contributed by atoms with Crippen LogP contribution in [0.1, 0.15) is 54.0 Å². The van der Waals surface area contributed by atoms with Crippen LogP contribution in [0.2, 0.25) is 0 Å². The third-order valence-corrected chi connectivity index (χ3v) is 4.79. The minimum atomic E-state index is 0.653. The highest BCUT2D eigenvalue weighted by atomic mass is 32.1. The molecule has 0 radical (unpaired) electrons. The second-order valence-corrected chi connectivity index (χ2v) is 5.71. The van der Waals surface area contributed by atoms with Crippen molar-refractivity contribution < 1.29 is 0 Å². The van der Waals surface area contributed by atoms with E-state index in [9.17, 15) is 0 Å². The van der Waals surface area contributed by atoms with Gasteiger partial charge in [-0.3, -0.25) is 0 Å². The lowest BCUT2D eigenvalue weighted by atomic mass is 9.90. The maximum Gasteiger partial charge on any atom is 0.123 e. The zero-order chi connectivity index (χ0) is 10.1. The fourth-order valence-corrected chi connectivity index (χ4v) is 3.50. The van der Waals surface area contributed by atoms with Gasteiger partial charge in [0, 0.05) is 24.9 Å². The molecule has 15 heavy (non-hydrogen) atoms. The Balaban J connectivity index is 1.71. The third kappa shape index (κ3) is 1.93. The zero-order valence-corrected chi connectivity index (χ0v) is 9.72. The molecule has 3 rings (SSSR count). The molecule has 1 N–H and O–H groups in total. The van der Waals surface area contributed by atoms with Crippen molar-refractivity contribution in [1.29, 1.82) is 0 Å². The van der Waals surface area contributed by atoms with E-state index in [1.165, 1.54) is 42.1 Å². The molecule has 1 aliphatic heterocycles. The minimum Gasteiger partial charge on any atom is -0.315 e.